The summed E-state index contributed by atoms with van der Waals surface area (Å²) in [5, 5.41) is 10.1. The lowest BCUT2D eigenvalue weighted by atomic mass is 10.0. The molecule has 2 aromatic carbocycles. The van der Waals surface area contributed by atoms with Gasteiger partial charge >= 0.3 is 0 Å². The van der Waals surface area contributed by atoms with Gasteiger partial charge in [0, 0.05) is 6.42 Å². The van der Waals surface area contributed by atoms with Gasteiger partial charge in [0.05, 0.1) is 16.8 Å². The Balaban J connectivity index is 2.12. The number of sulfone groups is 1. The van der Waals surface area contributed by atoms with Crippen molar-refractivity contribution in [3.63, 3.8) is 0 Å². The van der Waals surface area contributed by atoms with Crippen molar-refractivity contribution in [1.29, 1.82) is 0 Å². The lowest BCUT2D eigenvalue weighted by Gasteiger charge is -2.11. The molecule has 20 heavy (non-hydrogen) atoms. The predicted molar refractivity (Wildman–Crippen MR) is 79.3 cm³/mol. The average molecular weight is 290 g/mol. The summed E-state index contributed by atoms with van der Waals surface area (Å²) in [6.07, 6.45) is -0.110. The molecular formula is C16H18O3S. The van der Waals surface area contributed by atoms with E-state index in [1.807, 2.05) is 30.3 Å². The minimum absolute atomic E-state index is 0.0962. The van der Waals surface area contributed by atoms with Crippen LogP contribution in [0.4, 0.5) is 0 Å². The zero-order valence-corrected chi connectivity index (χ0v) is 12.2. The zero-order valence-electron chi connectivity index (χ0n) is 11.4. The van der Waals surface area contributed by atoms with Crippen LogP contribution in [-0.2, 0) is 16.3 Å². The van der Waals surface area contributed by atoms with E-state index in [4.69, 9.17) is 0 Å². The highest BCUT2D eigenvalue weighted by atomic mass is 32.2. The molecule has 0 aliphatic rings. The SMILES string of the molecule is CCS(=O)(=O)c1ccc(CC(O)c2ccccc2)cc1. The third kappa shape index (κ3) is 3.46. The van der Waals surface area contributed by atoms with Gasteiger partial charge in [-0.05, 0) is 23.3 Å². The third-order valence-corrected chi connectivity index (χ3v) is 5.03. The Labute approximate surface area is 119 Å². The smallest absolute Gasteiger partial charge is 0.178 e. The summed E-state index contributed by atoms with van der Waals surface area (Å²) in [7, 11) is -3.16. The quantitative estimate of drug-likeness (QED) is 0.921. The van der Waals surface area contributed by atoms with Crippen LogP contribution in [0, 0.1) is 0 Å². The Kier molecular flexibility index (Phi) is 4.57. The van der Waals surface area contributed by atoms with Crippen LogP contribution in [0.2, 0.25) is 0 Å². The Morgan fingerprint density at radius 1 is 1.00 bits per heavy atom. The van der Waals surface area contributed by atoms with E-state index in [-0.39, 0.29) is 5.75 Å². The first kappa shape index (κ1) is 14.8. The maximum Gasteiger partial charge on any atom is 0.178 e. The van der Waals surface area contributed by atoms with Crippen LogP contribution in [0.3, 0.4) is 0 Å². The summed E-state index contributed by atoms with van der Waals surface area (Å²) in [6, 6.07) is 16.1. The van der Waals surface area contributed by atoms with Gasteiger partial charge in [0.15, 0.2) is 9.84 Å². The molecule has 4 heteroatoms. The first-order valence-corrected chi connectivity index (χ1v) is 8.23. The van der Waals surface area contributed by atoms with E-state index in [1.165, 1.54) is 0 Å². The molecule has 3 nitrogen and oxygen atoms in total. The highest BCUT2D eigenvalue weighted by Gasteiger charge is 2.12. The molecular weight excluding hydrogens is 272 g/mol. The Morgan fingerprint density at radius 3 is 2.15 bits per heavy atom. The molecule has 2 aromatic rings. The van der Waals surface area contributed by atoms with E-state index >= 15 is 0 Å². The summed E-state index contributed by atoms with van der Waals surface area (Å²) < 4.78 is 23.4. The van der Waals surface area contributed by atoms with Crippen molar-refractivity contribution >= 4 is 9.84 Å². The van der Waals surface area contributed by atoms with Crippen LogP contribution < -0.4 is 0 Å². The molecule has 1 unspecified atom stereocenters. The highest BCUT2D eigenvalue weighted by Crippen LogP contribution is 2.19. The molecule has 0 aromatic heterocycles. The molecule has 0 aliphatic carbocycles. The van der Waals surface area contributed by atoms with Gasteiger partial charge in [0.25, 0.3) is 0 Å². The van der Waals surface area contributed by atoms with Crippen molar-refractivity contribution in [2.45, 2.75) is 24.3 Å². The number of aliphatic hydroxyl groups is 1. The molecule has 0 amide bonds. The fourth-order valence-electron chi connectivity index (χ4n) is 2.02. The number of hydrogen-bond donors (Lipinski definition) is 1. The highest BCUT2D eigenvalue weighted by molar-refractivity contribution is 7.91. The van der Waals surface area contributed by atoms with Crippen molar-refractivity contribution in [1.82, 2.24) is 0 Å². The van der Waals surface area contributed by atoms with Crippen LogP contribution in [0.5, 0.6) is 0 Å². The van der Waals surface area contributed by atoms with E-state index in [0.29, 0.717) is 11.3 Å². The second-order valence-corrected chi connectivity index (χ2v) is 6.96. The fraction of sp³-hybridized carbons (Fsp3) is 0.250. The minimum Gasteiger partial charge on any atom is -0.388 e. The predicted octanol–water partition coefficient (Wildman–Crippen LogP) is 2.76. The molecule has 0 fully saturated rings. The molecule has 0 aliphatic heterocycles. The maximum atomic E-state index is 11.7. The number of benzene rings is 2. The molecule has 2 rings (SSSR count). The van der Waals surface area contributed by atoms with Crippen molar-refractivity contribution < 1.29 is 13.5 Å². The van der Waals surface area contributed by atoms with Crippen molar-refractivity contribution in [3.05, 3.63) is 65.7 Å². The van der Waals surface area contributed by atoms with Crippen molar-refractivity contribution in [3.8, 4) is 0 Å². The van der Waals surface area contributed by atoms with E-state index in [1.54, 1.807) is 31.2 Å². The number of hydrogen-bond acceptors (Lipinski definition) is 3. The molecule has 0 bridgehead atoms. The lowest BCUT2D eigenvalue weighted by molar-refractivity contribution is 0.178. The van der Waals surface area contributed by atoms with E-state index in [9.17, 15) is 13.5 Å². The Morgan fingerprint density at radius 2 is 1.60 bits per heavy atom. The molecule has 1 N–H and O–H groups in total. The minimum atomic E-state index is -3.16. The summed E-state index contributed by atoms with van der Waals surface area (Å²) in [4.78, 5) is 0.331. The molecule has 1 atom stereocenters. The van der Waals surface area contributed by atoms with Gasteiger partial charge in [-0.2, -0.15) is 0 Å². The molecule has 0 heterocycles. The Hall–Kier alpha value is -1.65. The van der Waals surface area contributed by atoms with Gasteiger partial charge in [-0.3, -0.25) is 0 Å². The second kappa shape index (κ2) is 6.20. The fourth-order valence-corrected chi connectivity index (χ4v) is 2.90. The first-order valence-electron chi connectivity index (χ1n) is 6.57. The van der Waals surface area contributed by atoms with Crippen LogP contribution in [-0.4, -0.2) is 19.3 Å². The summed E-state index contributed by atoms with van der Waals surface area (Å²) >= 11 is 0. The summed E-state index contributed by atoms with van der Waals surface area (Å²) in [5.74, 6) is 0.0962. The van der Waals surface area contributed by atoms with Crippen LogP contribution >= 0.6 is 0 Å². The molecule has 0 radical (unpaired) electrons. The average Bonchev–Trinajstić information content (AvgIpc) is 2.48. The topological polar surface area (TPSA) is 54.4 Å². The maximum absolute atomic E-state index is 11.7. The molecule has 106 valence electrons. The van der Waals surface area contributed by atoms with Gasteiger partial charge in [-0.25, -0.2) is 8.42 Å². The van der Waals surface area contributed by atoms with Gasteiger partial charge in [0.1, 0.15) is 0 Å². The van der Waals surface area contributed by atoms with Gasteiger partial charge < -0.3 is 5.11 Å². The van der Waals surface area contributed by atoms with Gasteiger partial charge in [0.2, 0.25) is 0 Å². The number of aliphatic hydroxyl groups excluding tert-OH is 1. The van der Waals surface area contributed by atoms with E-state index in [0.717, 1.165) is 11.1 Å². The second-order valence-electron chi connectivity index (χ2n) is 4.68. The largest absolute Gasteiger partial charge is 0.388 e. The van der Waals surface area contributed by atoms with Crippen LogP contribution in [0.25, 0.3) is 0 Å². The van der Waals surface area contributed by atoms with Crippen molar-refractivity contribution in [2.75, 3.05) is 5.75 Å². The lowest BCUT2D eigenvalue weighted by Crippen LogP contribution is -2.05. The van der Waals surface area contributed by atoms with Crippen molar-refractivity contribution in [2.24, 2.45) is 0 Å². The van der Waals surface area contributed by atoms with E-state index < -0.39 is 15.9 Å². The molecule has 0 saturated heterocycles. The standard InChI is InChI=1S/C16H18O3S/c1-2-20(18,19)15-10-8-13(9-11-15)12-16(17)14-6-4-3-5-7-14/h3-11,16-17H,2,12H2,1H3. The van der Waals surface area contributed by atoms with Gasteiger partial charge in [-0.15, -0.1) is 0 Å². The molecule has 0 spiro atoms. The van der Waals surface area contributed by atoms with E-state index in [2.05, 4.69) is 0 Å². The van der Waals surface area contributed by atoms with Crippen LogP contribution in [0.15, 0.2) is 59.5 Å². The zero-order chi connectivity index (χ0) is 14.6. The Bertz CT molecular complexity index is 646. The third-order valence-electron chi connectivity index (χ3n) is 3.28. The van der Waals surface area contributed by atoms with Gasteiger partial charge in [-0.1, -0.05) is 49.4 Å². The monoisotopic (exact) mass is 290 g/mol. The van der Waals surface area contributed by atoms with Crippen LogP contribution in [0.1, 0.15) is 24.2 Å². The first-order chi connectivity index (χ1) is 9.53. The molecule has 0 saturated carbocycles. The summed E-state index contributed by atoms with van der Waals surface area (Å²) in [5.41, 5.74) is 1.77. The normalized spacial score (nSPS) is 13.1. The number of rotatable bonds is 5. The summed E-state index contributed by atoms with van der Waals surface area (Å²) in [6.45, 7) is 1.63.